The molecular formula is C32H42N2O6S. The van der Waals surface area contributed by atoms with E-state index >= 15 is 0 Å². The molecule has 0 unspecified atom stereocenters. The Bertz CT molecular complexity index is 1350. The van der Waals surface area contributed by atoms with Crippen molar-refractivity contribution in [2.75, 3.05) is 32.5 Å². The topological polar surface area (TPSA) is 115 Å². The molecule has 3 heterocycles. The molecule has 0 spiro atoms. The summed E-state index contributed by atoms with van der Waals surface area (Å²) in [6.07, 6.45) is 4.83. The first-order chi connectivity index (χ1) is 19.9. The molecule has 0 amide bonds. The van der Waals surface area contributed by atoms with Crippen molar-refractivity contribution in [3.63, 3.8) is 0 Å². The number of hydrogen-bond donors (Lipinski definition) is 4. The van der Waals surface area contributed by atoms with Crippen LogP contribution in [0.5, 0.6) is 0 Å². The number of para-hydroxylation sites is 1. The largest absolute Gasteiger partial charge is 0.505 e. The monoisotopic (exact) mass is 582 g/mol. The van der Waals surface area contributed by atoms with Gasteiger partial charge in [-0.1, -0.05) is 56.2 Å². The molecule has 0 fully saturated rings. The molecule has 8 nitrogen and oxygen atoms in total. The number of cyclic esters (lactones) is 1. The van der Waals surface area contributed by atoms with Gasteiger partial charge in [-0.25, -0.2) is 4.79 Å². The highest BCUT2D eigenvalue weighted by atomic mass is 32.2. The lowest BCUT2D eigenvalue weighted by Gasteiger charge is -2.16. The van der Waals surface area contributed by atoms with Crippen LogP contribution in [-0.2, 0) is 22.5 Å². The molecule has 2 atom stereocenters. The molecule has 9 heteroatoms. The minimum Gasteiger partial charge on any atom is -0.505 e. The number of ether oxygens (including phenoxy) is 1. The number of carbonyl (C=O) groups is 1. The van der Waals surface area contributed by atoms with Crippen LogP contribution in [0.25, 0.3) is 22.2 Å². The van der Waals surface area contributed by atoms with E-state index in [1.807, 2.05) is 11.8 Å². The summed E-state index contributed by atoms with van der Waals surface area (Å²) in [6, 6.07) is 18.0. The molecule has 0 radical (unpaired) electrons. The van der Waals surface area contributed by atoms with Crippen LogP contribution in [0.3, 0.4) is 0 Å². The molecule has 4 N–H and O–H groups in total. The van der Waals surface area contributed by atoms with Crippen LogP contribution in [-0.4, -0.2) is 80.6 Å². The van der Waals surface area contributed by atoms with Crippen LogP contribution in [0.4, 0.5) is 0 Å². The molecule has 5 rings (SSSR count). The number of aryl methyl sites for hydroxylation is 2. The predicted molar refractivity (Wildman–Crippen MR) is 163 cm³/mol. The second kappa shape index (κ2) is 14.8. The Balaban J connectivity index is 0.000000271. The van der Waals surface area contributed by atoms with Gasteiger partial charge in [0.15, 0.2) is 11.9 Å². The molecule has 1 aromatic heterocycles. The summed E-state index contributed by atoms with van der Waals surface area (Å²) >= 11 is 2.01. The van der Waals surface area contributed by atoms with Gasteiger partial charge in [-0.2, -0.15) is 0 Å². The summed E-state index contributed by atoms with van der Waals surface area (Å²) in [7, 11) is 2.27. The Morgan fingerprint density at radius 2 is 1.78 bits per heavy atom. The SMILES string of the molecule is CCCCN(C)CCCCCn1c2c(c3ccccc31)CCSc1ccccc1-2.O=C1O[C@H]([C@@H](O)CO)C(O)=C1O. The van der Waals surface area contributed by atoms with Crippen LogP contribution in [0.2, 0.25) is 0 Å². The van der Waals surface area contributed by atoms with Crippen LogP contribution in [0.15, 0.2) is 64.9 Å². The highest BCUT2D eigenvalue weighted by Gasteiger charge is 2.38. The fraction of sp³-hybridized carbons (Fsp3) is 0.469. The molecule has 41 heavy (non-hydrogen) atoms. The van der Waals surface area contributed by atoms with Gasteiger partial charge in [0.05, 0.1) is 12.3 Å². The molecule has 2 aliphatic heterocycles. The summed E-state index contributed by atoms with van der Waals surface area (Å²) in [4.78, 5) is 14.5. The van der Waals surface area contributed by atoms with Crippen molar-refractivity contribution in [1.82, 2.24) is 9.47 Å². The lowest BCUT2D eigenvalue weighted by molar-refractivity contribution is -0.147. The van der Waals surface area contributed by atoms with Gasteiger partial charge in [0.1, 0.15) is 6.10 Å². The molecule has 222 valence electrons. The summed E-state index contributed by atoms with van der Waals surface area (Å²) < 4.78 is 6.94. The van der Waals surface area contributed by atoms with Crippen molar-refractivity contribution in [1.29, 1.82) is 0 Å². The highest BCUT2D eigenvalue weighted by Crippen LogP contribution is 2.42. The smallest absolute Gasteiger partial charge is 0.377 e. The number of fused-ring (bicyclic) bond motifs is 5. The number of hydrogen-bond acceptors (Lipinski definition) is 8. The lowest BCUT2D eigenvalue weighted by Crippen LogP contribution is -2.31. The number of nitrogens with zero attached hydrogens (tertiary/aromatic N) is 2. The zero-order valence-corrected chi connectivity index (χ0v) is 24.8. The van der Waals surface area contributed by atoms with Gasteiger partial charge < -0.3 is 34.6 Å². The summed E-state index contributed by atoms with van der Waals surface area (Å²) in [5.41, 5.74) is 5.88. The lowest BCUT2D eigenvalue weighted by atomic mass is 10.0. The number of thioether (sulfide) groups is 1. The Morgan fingerprint density at radius 3 is 2.51 bits per heavy atom. The number of aliphatic hydroxyl groups excluding tert-OH is 4. The minimum absolute atomic E-state index is 0.671. The predicted octanol–water partition coefficient (Wildman–Crippen LogP) is 5.45. The zero-order valence-electron chi connectivity index (χ0n) is 24.0. The van der Waals surface area contributed by atoms with Crippen LogP contribution in [0, 0.1) is 0 Å². The number of carbonyl (C=O) groups excluding carboxylic acids is 1. The summed E-state index contributed by atoms with van der Waals surface area (Å²) in [5, 5.41) is 36.5. The van der Waals surface area contributed by atoms with E-state index in [1.165, 1.54) is 78.0 Å². The molecule has 3 aromatic rings. The molecule has 2 aromatic carbocycles. The van der Waals surface area contributed by atoms with Crippen LogP contribution >= 0.6 is 11.8 Å². The maximum Gasteiger partial charge on any atom is 0.377 e. The fourth-order valence-corrected chi connectivity index (χ4v) is 6.43. The van der Waals surface area contributed by atoms with E-state index in [-0.39, 0.29) is 0 Å². The number of aliphatic hydroxyl groups is 4. The van der Waals surface area contributed by atoms with E-state index in [2.05, 4.69) is 76.7 Å². The Kier molecular flexibility index (Phi) is 11.2. The maximum absolute atomic E-state index is 10.5. The second-order valence-electron chi connectivity index (χ2n) is 10.6. The van der Waals surface area contributed by atoms with Gasteiger partial charge in [-0.05, 0) is 63.5 Å². The van der Waals surface area contributed by atoms with Gasteiger partial charge >= 0.3 is 5.97 Å². The van der Waals surface area contributed by atoms with E-state index in [0.717, 1.165) is 13.0 Å². The fourth-order valence-electron chi connectivity index (χ4n) is 5.41. The van der Waals surface area contributed by atoms with Gasteiger partial charge in [0, 0.05) is 33.7 Å². The van der Waals surface area contributed by atoms with E-state index < -0.39 is 36.3 Å². The third-order valence-corrected chi connectivity index (χ3v) is 8.69. The van der Waals surface area contributed by atoms with E-state index in [4.69, 9.17) is 20.4 Å². The van der Waals surface area contributed by atoms with Crippen molar-refractivity contribution < 1.29 is 30.0 Å². The van der Waals surface area contributed by atoms with Crippen LogP contribution in [0.1, 0.15) is 44.6 Å². The van der Waals surface area contributed by atoms with Crippen LogP contribution < -0.4 is 0 Å². The first-order valence-electron chi connectivity index (χ1n) is 14.5. The average Bonchev–Trinajstić information content (AvgIpc) is 3.34. The molecule has 0 bridgehead atoms. The molecule has 0 saturated carbocycles. The third-order valence-electron chi connectivity index (χ3n) is 7.62. The van der Waals surface area contributed by atoms with E-state index in [0.29, 0.717) is 0 Å². The number of esters is 1. The quantitative estimate of drug-likeness (QED) is 0.174. The number of benzene rings is 2. The van der Waals surface area contributed by atoms with Crippen molar-refractivity contribution >= 4 is 28.6 Å². The molecule has 0 saturated heterocycles. The van der Waals surface area contributed by atoms with Crippen molar-refractivity contribution in [2.24, 2.45) is 0 Å². The zero-order chi connectivity index (χ0) is 29.4. The van der Waals surface area contributed by atoms with E-state index in [1.54, 1.807) is 5.56 Å². The molecule has 2 aliphatic rings. The molecular weight excluding hydrogens is 540 g/mol. The van der Waals surface area contributed by atoms with Crippen molar-refractivity contribution in [3.8, 4) is 11.3 Å². The maximum atomic E-state index is 10.5. The van der Waals surface area contributed by atoms with Gasteiger partial charge in [-0.15, -0.1) is 11.8 Å². The summed E-state index contributed by atoms with van der Waals surface area (Å²) in [5.74, 6) is -1.61. The Hall–Kier alpha value is -2.98. The minimum atomic E-state index is -1.42. The van der Waals surface area contributed by atoms with Gasteiger partial charge in [0.25, 0.3) is 0 Å². The first-order valence-corrected chi connectivity index (χ1v) is 15.5. The summed E-state index contributed by atoms with van der Waals surface area (Å²) in [6.45, 7) is 5.18. The molecule has 0 aliphatic carbocycles. The van der Waals surface area contributed by atoms with Gasteiger partial charge in [0.2, 0.25) is 5.76 Å². The average molecular weight is 583 g/mol. The first kappa shape index (κ1) is 31.0. The highest BCUT2D eigenvalue weighted by molar-refractivity contribution is 7.99. The van der Waals surface area contributed by atoms with Crippen molar-refractivity contribution in [3.05, 3.63) is 65.6 Å². The van der Waals surface area contributed by atoms with Crippen molar-refractivity contribution in [2.45, 2.75) is 69.1 Å². The van der Waals surface area contributed by atoms with E-state index in [9.17, 15) is 4.79 Å². The number of unbranched alkanes of at least 4 members (excludes halogenated alkanes) is 3. The standard InChI is InChI=1S/C26H34N2S.C6H8O6/c1-3-4-17-27(2)18-10-5-11-19-28-24-14-8-6-12-21(24)22-16-20-29-25-15-9-7-13-23(25)26(22)28;7-1-2(8)5-3(9)4(10)6(11)12-5/h6-9,12-15H,3-5,10-11,16-20H2,1-2H3;2,5,7-10H,1H2/t;2-,5+/m.0/s1. The van der Waals surface area contributed by atoms with Gasteiger partial charge in [-0.3, -0.25) is 0 Å². The number of rotatable bonds is 11. The normalized spacial score (nSPS) is 17.1. The third kappa shape index (κ3) is 7.27. The Labute approximate surface area is 246 Å². The second-order valence-corrected chi connectivity index (χ2v) is 11.8. The Morgan fingerprint density at radius 1 is 1.05 bits per heavy atom. The number of aromatic nitrogens is 1.